The lowest BCUT2D eigenvalue weighted by atomic mass is 10.1. The van der Waals surface area contributed by atoms with Crippen LogP contribution < -0.4 is 20.5 Å². The van der Waals surface area contributed by atoms with Crippen molar-refractivity contribution in [1.82, 2.24) is 15.3 Å². The lowest BCUT2D eigenvalue weighted by Crippen LogP contribution is -2.19. The van der Waals surface area contributed by atoms with Gasteiger partial charge in [-0.3, -0.25) is 4.79 Å². The van der Waals surface area contributed by atoms with Crippen molar-refractivity contribution in [2.45, 2.75) is 0 Å². The number of fused-ring (bicyclic) bond motifs is 1. The third kappa shape index (κ3) is 3.00. The van der Waals surface area contributed by atoms with Gasteiger partial charge in [-0.25, -0.2) is 4.98 Å². The van der Waals surface area contributed by atoms with Gasteiger partial charge in [0, 0.05) is 13.1 Å². The molecule has 7 heteroatoms. The van der Waals surface area contributed by atoms with Crippen LogP contribution >= 0.6 is 0 Å². The van der Waals surface area contributed by atoms with Crippen molar-refractivity contribution in [3.05, 3.63) is 35.9 Å². The van der Waals surface area contributed by atoms with Gasteiger partial charge >= 0.3 is 0 Å². The van der Waals surface area contributed by atoms with Crippen molar-refractivity contribution in [2.24, 2.45) is 0 Å². The van der Waals surface area contributed by atoms with Crippen molar-refractivity contribution < 1.29 is 14.3 Å². The second kappa shape index (κ2) is 7.07. The van der Waals surface area contributed by atoms with Crippen molar-refractivity contribution >= 4 is 22.6 Å². The van der Waals surface area contributed by atoms with E-state index in [1.54, 1.807) is 38.4 Å². The minimum Gasteiger partial charge on any atom is -0.496 e. The molecule has 1 amide bonds. The summed E-state index contributed by atoms with van der Waals surface area (Å²) in [6.45, 7) is 0.173. The first-order valence-corrected chi connectivity index (χ1v) is 7.84. The second-order valence-corrected chi connectivity index (χ2v) is 5.44. The zero-order chi connectivity index (χ0) is 18.7. The third-order valence-electron chi connectivity index (χ3n) is 3.92. The fourth-order valence-corrected chi connectivity index (χ4v) is 2.64. The Morgan fingerprint density at radius 1 is 1.38 bits per heavy atom. The Bertz CT molecular complexity index is 1020. The van der Waals surface area contributed by atoms with Gasteiger partial charge < -0.3 is 25.5 Å². The van der Waals surface area contributed by atoms with Crippen LogP contribution in [0.25, 0.3) is 22.4 Å². The maximum Gasteiger partial charge on any atom is 0.253 e. The van der Waals surface area contributed by atoms with Gasteiger partial charge in [0.15, 0.2) is 0 Å². The molecule has 0 radical (unpaired) electrons. The smallest absolute Gasteiger partial charge is 0.253 e. The molecule has 2 aromatic carbocycles. The molecule has 132 valence electrons. The molecule has 0 aliphatic heterocycles. The van der Waals surface area contributed by atoms with Crippen molar-refractivity contribution in [1.29, 1.82) is 0 Å². The van der Waals surface area contributed by atoms with Gasteiger partial charge in [0.2, 0.25) is 0 Å². The highest BCUT2D eigenvalue weighted by molar-refractivity contribution is 6.06. The summed E-state index contributed by atoms with van der Waals surface area (Å²) in [6, 6.07) is 8.76. The van der Waals surface area contributed by atoms with Crippen LogP contribution in [0.5, 0.6) is 11.5 Å². The fraction of sp³-hybridized carbons (Fsp3) is 0.158. The quantitative estimate of drug-likeness (QED) is 0.483. The van der Waals surface area contributed by atoms with E-state index in [2.05, 4.69) is 21.2 Å². The Balaban J connectivity index is 2.07. The summed E-state index contributed by atoms with van der Waals surface area (Å²) < 4.78 is 10.8. The average molecular weight is 350 g/mol. The van der Waals surface area contributed by atoms with Crippen LogP contribution in [0.1, 0.15) is 10.4 Å². The zero-order valence-corrected chi connectivity index (χ0v) is 14.4. The van der Waals surface area contributed by atoms with Crippen LogP contribution in [0.2, 0.25) is 0 Å². The van der Waals surface area contributed by atoms with E-state index in [0.717, 1.165) is 11.1 Å². The number of terminal acetylenes is 1. The number of nitrogen functional groups attached to an aromatic ring is 1. The molecule has 3 aromatic rings. The topological polar surface area (TPSA) is 102 Å². The second-order valence-electron chi connectivity index (χ2n) is 5.44. The summed E-state index contributed by atoms with van der Waals surface area (Å²) in [5.41, 5.74) is 8.80. The Morgan fingerprint density at radius 3 is 2.88 bits per heavy atom. The number of methoxy groups -OCH3 is 1. The summed E-state index contributed by atoms with van der Waals surface area (Å²) in [6.07, 6.45) is 5.21. The molecule has 0 unspecified atom stereocenters. The number of anilines is 1. The number of ether oxygens (including phenoxy) is 2. The van der Waals surface area contributed by atoms with Crippen molar-refractivity contribution in [3.63, 3.8) is 0 Å². The number of hydrogen-bond acceptors (Lipinski definition) is 5. The normalized spacial score (nSPS) is 10.3. The van der Waals surface area contributed by atoms with Crippen LogP contribution in [0.3, 0.4) is 0 Å². The molecule has 0 fully saturated rings. The molecule has 0 bridgehead atoms. The molecule has 0 atom stereocenters. The largest absolute Gasteiger partial charge is 0.496 e. The summed E-state index contributed by atoms with van der Waals surface area (Å²) >= 11 is 0. The van der Waals surface area contributed by atoms with E-state index < -0.39 is 0 Å². The highest BCUT2D eigenvalue weighted by Gasteiger charge is 2.17. The number of hydrogen-bond donors (Lipinski definition) is 3. The van der Waals surface area contributed by atoms with Crippen LogP contribution in [-0.4, -0.2) is 36.6 Å². The molecule has 0 saturated carbocycles. The fourth-order valence-electron chi connectivity index (χ4n) is 2.64. The van der Waals surface area contributed by atoms with Crippen LogP contribution in [0, 0.1) is 12.3 Å². The molecule has 26 heavy (non-hydrogen) atoms. The van der Waals surface area contributed by atoms with E-state index in [-0.39, 0.29) is 12.5 Å². The summed E-state index contributed by atoms with van der Waals surface area (Å²) in [5, 5.41) is 2.56. The Kier molecular flexibility index (Phi) is 4.67. The Labute approximate surface area is 150 Å². The summed E-state index contributed by atoms with van der Waals surface area (Å²) in [5.74, 6) is 3.89. The number of imidazole rings is 1. The number of carbonyl (C=O) groups excluding carboxylic acids is 1. The summed E-state index contributed by atoms with van der Waals surface area (Å²) in [7, 11) is 3.11. The van der Waals surface area contributed by atoms with Crippen molar-refractivity contribution in [3.8, 4) is 35.2 Å². The molecule has 0 aliphatic carbocycles. The molecule has 1 heterocycles. The molecule has 4 N–H and O–H groups in total. The number of nitrogens with two attached hydrogens (primary N) is 1. The molecule has 3 rings (SSSR count). The lowest BCUT2D eigenvalue weighted by Gasteiger charge is -2.09. The number of carbonyl (C=O) groups is 1. The van der Waals surface area contributed by atoms with Gasteiger partial charge in [0.25, 0.3) is 5.91 Å². The molecular weight excluding hydrogens is 332 g/mol. The van der Waals surface area contributed by atoms with Crippen LogP contribution in [0.4, 0.5) is 5.69 Å². The van der Waals surface area contributed by atoms with Gasteiger partial charge in [-0.2, -0.15) is 0 Å². The first-order chi connectivity index (χ1) is 12.6. The van der Waals surface area contributed by atoms with Gasteiger partial charge in [-0.05, 0) is 24.3 Å². The highest BCUT2D eigenvalue weighted by atomic mass is 16.5. The number of H-pyrrole nitrogens is 1. The van der Waals surface area contributed by atoms with Crippen LogP contribution in [-0.2, 0) is 0 Å². The first kappa shape index (κ1) is 17.2. The summed E-state index contributed by atoms with van der Waals surface area (Å²) in [4.78, 5) is 19.6. The molecule has 7 nitrogen and oxygen atoms in total. The van der Waals surface area contributed by atoms with Gasteiger partial charge in [0.1, 0.15) is 29.4 Å². The Morgan fingerprint density at radius 2 is 2.19 bits per heavy atom. The monoisotopic (exact) mass is 350 g/mol. The van der Waals surface area contributed by atoms with E-state index >= 15 is 0 Å². The molecule has 0 aliphatic rings. The predicted octanol–water partition coefficient (Wildman–Crippen LogP) is 2.19. The van der Waals surface area contributed by atoms with E-state index in [1.165, 1.54) is 0 Å². The first-order valence-electron chi connectivity index (χ1n) is 7.84. The lowest BCUT2D eigenvalue weighted by molar-refractivity contribution is 0.0964. The van der Waals surface area contributed by atoms with Crippen LogP contribution in [0.15, 0.2) is 30.3 Å². The number of aromatic amines is 1. The minimum absolute atomic E-state index is 0.173. The Hall–Kier alpha value is -3.66. The van der Waals surface area contributed by atoms with E-state index in [1.807, 2.05) is 6.07 Å². The number of rotatable bonds is 5. The minimum atomic E-state index is -0.262. The standard InChI is InChI=1S/C19H18N4O3/c1-4-9-26-11-5-6-12(15(10-11)25-3)18-22-14-8-7-13(19(24)21-2)16(20)17(14)23-18/h1,5-8,10H,9,20H2,2-3H3,(H,21,24)(H,22,23). The number of amides is 1. The number of benzene rings is 2. The average Bonchev–Trinajstić information content (AvgIpc) is 3.10. The van der Waals surface area contributed by atoms with E-state index in [9.17, 15) is 4.79 Å². The molecule has 0 spiro atoms. The molecule has 1 aromatic heterocycles. The number of nitrogens with zero attached hydrogens (tertiary/aromatic N) is 1. The van der Waals surface area contributed by atoms with Gasteiger partial charge in [0.05, 0.1) is 29.4 Å². The van der Waals surface area contributed by atoms with Crippen molar-refractivity contribution in [2.75, 3.05) is 26.5 Å². The van der Waals surface area contributed by atoms with Gasteiger partial charge in [-0.15, -0.1) is 6.42 Å². The SMILES string of the molecule is C#CCOc1ccc(-c2nc3c(N)c(C(=O)NC)ccc3[nH]2)c(OC)c1. The third-order valence-corrected chi connectivity index (χ3v) is 3.92. The maximum absolute atomic E-state index is 11.9. The van der Waals surface area contributed by atoms with E-state index in [0.29, 0.717) is 34.1 Å². The highest BCUT2D eigenvalue weighted by Crippen LogP contribution is 2.34. The van der Waals surface area contributed by atoms with Gasteiger partial charge in [-0.1, -0.05) is 5.92 Å². The predicted molar refractivity (Wildman–Crippen MR) is 100 cm³/mol. The maximum atomic E-state index is 11.9. The zero-order valence-electron chi connectivity index (χ0n) is 14.4. The van der Waals surface area contributed by atoms with E-state index in [4.69, 9.17) is 21.6 Å². The number of aromatic nitrogens is 2. The number of nitrogens with one attached hydrogen (secondary N) is 2. The molecular formula is C19H18N4O3. The molecule has 0 saturated heterocycles.